The molecule has 0 N–H and O–H groups in total. The quantitative estimate of drug-likeness (QED) is 0.725. The molecule has 0 bridgehead atoms. The fourth-order valence-corrected chi connectivity index (χ4v) is 2.20. The molecule has 3 rings (SSSR count). The summed E-state index contributed by atoms with van der Waals surface area (Å²) in [6, 6.07) is 11.8. The summed E-state index contributed by atoms with van der Waals surface area (Å²) in [5.41, 5.74) is 0.727. The zero-order valence-corrected chi connectivity index (χ0v) is 9.07. The summed E-state index contributed by atoms with van der Waals surface area (Å²) in [5, 5.41) is 2.15. The Morgan fingerprint density at radius 1 is 1.19 bits per heavy atom. The molecule has 0 saturated carbocycles. The van der Waals surface area contributed by atoms with E-state index < -0.39 is 0 Å². The first-order chi connectivity index (χ1) is 7.81. The highest BCUT2D eigenvalue weighted by Crippen LogP contribution is 2.36. The van der Waals surface area contributed by atoms with Crippen molar-refractivity contribution in [3.63, 3.8) is 0 Å². The fourth-order valence-electron chi connectivity index (χ4n) is 2.20. The van der Waals surface area contributed by atoms with E-state index in [1.807, 2.05) is 43.3 Å². The summed E-state index contributed by atoms with van der Waals surface area (Å²) in [7, 11) is 0. The fraction of sp³-hybridized carbons (Fsp3) is 0.214. The number of ether oxygens (including phenoxy) is 1. The largest absolute Gasteiger partial charge is 0.481 e. The Kier molecular flexibility index (Phi) is 1.96. The molecule has 80 valence electrons. The second-order valence-electron chi connectivity index (χ2n) is 4.04. The van der Waals surface area contributed by atoms with Crippen LogP contribution >= 0.6 is 0 Å². The minimum absolute atomic E-state index is 0.114. The standard InChI is InChI=1S/C14H12O2/c1-2-12-13(15)11-8-7-9-5-3-4-6-10(9)14(11)16-12/h3-8,12H,2H2,1H3. The maximum absolute atomic E-state index is 11.9. The van der Waals surface area contributed by atoms with Gasteiger partial charge in [0, 0.05) is 5.39 Å². The average Bonchev–Trinajstić information content (AvgIpc) is 2.67. The molecule has 1 aliphatic rings. The number of carbonyl (C=O) groups is 1. The van der Waals surface area contributed by atoms with Crippen molar-refractivity contribution in [2.45, 2.75) is 19.4 Å². The molecule has 0 spiro atoms. The van der Waals surface area contributed by atoms with Crippen molar-refractivity contribution in [1.29, 1.82) is 0 Å². The predicted molar refractivity (Wildman–Crippen MR) is 63.0 cm³/mol. The van der Waals surface area contributed by atoms with Gasteiger partial charge < -0.3 is 4.74 Å². The average molecular weight is 212 g/mol. The van der Waals surface area contributed by atoms with Crippen molar-refractivity contribution < 1.29 is 9.53 Å². The van der Waals surface area contributed by atoms with E-state index in [1.54, 1.807) is 0 Å². The van der Waals surface area contributed by atoms with Gasteiger partial charge in [0.1, 0.15) is 5.75 Å². The van der Waals surface area contributed by atoms with Crippen LogP contribution in [0.15, 0.2) is 36.4 Å². The molecule has 2 nitrogen and oxygen atoms in total. The molecule has 2 aromatic rings. The third-order valence-electron chi connectivity index (χ3n) is 3.07. The molecule has 1 unspecified atom stereocenters. The first-order valence-corrected chi connectivity index (χ1v) is 5.54. The predicted octanol–water partition coefficient (Wildman–Crippen LogP) is 3.19. The molecule has 1 aliphatic heterocycles. The second kappa shape index (κ2) is 3.34. The van der Waals surface area contributed by atoms with Crippen LogP contribution in [0.2, 0.25) is 0 Å². The molecule has 0 aliphatic carbocycles. The second-order valence-corrected chi connectivity index (χ2v) is 4.04. The van der Waals surface area contributed by atoms with Crippen LogP contribution in [0.5, 0.6) is 5.75 Å². The number of ketones is 1. The van der Waals surface area contributed by atoms with Crippen LogP contribution in [0.1, 0.15) is 23.7 Å². The Morgan fingerprint density at radius 3 is 2.81 bits per heavy atom. The summed E-state index contributed by atoms with van der Waals surface area (Å²) in [6.45, 7) is 1.97. The number of carbonyl (C=O) groups excluding carboxylic acids is 1. The molecule has 1 atom stereocenters. The van der Waals surface area contributed by atoms with Crippen molar-refractivity contribution in [3.05, 3.63) is 42.0 Å². The molecule has 16 heavy (non-hydrogen) atoms. The number of hydrogen-bond donors (Lipinski definition) is 0. The van der Waals surface area contributed by atoms with Gasteiger partial charge in [0.2, 0.25) is 5.78 Å². The lowest BCUT2D eigenvalue weighted by Gasteiger charge is -2.06. The van der Waals surface area contributed by atoms with Crippen molar-refractivity contribution in [2.24, 2.45) is 0 Å². The van der Waals surface area contributed by atoms with E-state index in [9.17, 15) is 4.79 Å². The molecule has 0 aromatic heterocycles. The molecule has 0 fully saturated rings. The van der Waals surface area contributed by atoms with Crippen LogP contribution in [0, 0.1) is 0 Å². The minimum Gasteiger partial charge on any atom is -0.481 e. The van der Waals surface area contributed by atoms with Crippen molar-refractivity contribution >= 4 is 16.6 Å². The number of Topliss-reactive ketones (excluding diaryl/α,β-unsaturated/α-hetero) is 1. The smallest absolute Gasteiger partial charge is 0.207 e. The Hall–Kier alpha value is -1.83. The molecule has 0 saturated heterocycles. The Labute approximate surface area is 93.8 Å². The number of benzene rings is 2. The number of rotatable bonds is 1. The van der Waals surface area contributed by atoms with Crippen LogP contribution in [-0.2, 0) is 0 Å². The third kappa shape index (κ3) is 1.16. The summed E-state index contributed by atoms with van der Waals surface area (Å²) < 4.78 is 5.73. The lowest BCUT2D eigenvalue weighted by molar-refractivity contribution is 0.0854. The van der Waals surface area contributed by atoms with E-state index in [2.05, 4.69) is 0 Å². The Morgan fingerprint density at radius 2 is 2.00 bits per heavy atom. The highest BCUT2D eigenvalue weighted by Gasteiger charge is 2.31. The Bertz CT molecular complexity index is 572. The zero-order chi connectivity index (χ0) is 11.1. The maximum atomic E-state index is 11.9. The molecule has 1 heterocycles. The van der Waals surface area contributed by atoms with Crippen molar-refractivity contribution in [3.8, 4) is 5.75 Å². The van der Waals surface area contributed by atoms with Gasteiger partial charge in [-0.1, -0.05) is 37.3 Å². The van der Waals surface area contributed by atoms with Gasteiger partial charge in [0.25, 0.3) is 0 Å². The number of fused-ring (bicyclic) bond motifs is 3. The van der Waals surface area contributed by atoms with Crippen LogP contribution in [0.4, 0.5) is 0 Å². The molecule has 0 amide bonds. The summed E-state index contributed by atoms with van der Waals surface area (Å²) in [6.07, 6.45) is 0.433. The van der Waals surface area contributed by atoms with Crippen LogP contribution in [0.3, 0.4) is 0 Å². The van der Waals surface area contributed by atoms with E-state index >= 15 is 0 Å². The lowest BCUT2D eigenvalue weighted by atomic mass is 10.0. The monoisotopic (exact) mass is 212 g/mol. The number of hydrogen-bond acceptors (Lipinski definition) is 2. The van der Waals surface area contributed by atoms with E-state index in [1.165, 1.54) is 0 Å². The van der Waals surface area contributed by atoms with Crippen LogP contribution < -0.4 is 4.74 Å². The van der Waals surface area contributed by atoms with E-state index in [0.29, 0.717) is 0 Å². The van der Waals surface area contributed by atoms with Gasteiger partial charge in [-0.25, -0.2) is 0 Å². The van der Waals surface area contributed by atoms with Crippen LogP contribution in [-0.4, -0.2) is 11.9 Å². The molecule has 2 aromatic carbocycles. The normalized spacial score (nSPS) is 18.6. The van der Waals surface area contributed by atoms with E-state index in [-0.39, 0.29) is 11.9 Å². The van der Waals surface area contributed by atoms with Gasteiger partial charge in [-0.2, -0.15) is 0 Å². The minimum atomic E-state index is -0.291. The summed E-state index contributed by atoms with van der Waals surface area (Å²) >= 11 is 0. The molecule has 0 radical (unpaired) electrons. The van der Waals surface area contributed by atoms with Crippen molar-refractivity contribution in [1.82, 2.24) is 0 Å². The van der Waals surface area contributed by atoms with Gasteiger partial charge in [0.05, 0.1) is 5.56 Å². The highest BCUT2D eigenvalue weighted by atomic mass is 16.5. The maximum Gasteiger partial charge on any atom is 0.207 e. The van der Waals surface area contributed by atoms with E-state index in [0.717, 1.165) is 28.5 Å². The van der Waals surface area contributed by atoms with Crippen molar-refractivity contribution in [2.75, 3.05) is 0 Å². The first kappa shape index (κ1) is 9.40. The van der Waals surface area contributed by atoms with Gasteiger partial charge in [-0.15, -0.1) is 0 Å². The van der Waals surface area contributed by atoms with Gasteiger partial charge in [-0.3, -0.25) is 4.79 Å². The highest BCUT2D eigenvalue weighted by molar-refractivity contribution is 6.09. The summed E-state index contributed by atoms with van der Waals surface area (Å²) in [5.74, 6) is 0.873. The topological polar surface area (TPSA) is 26.3 Å². The first-order valence-electron chi connectivity index (χ1n) is 5.54. The van der Waals surface area contributed by atoms with Crippen LogP contribution in [0.25, 0.3) is 10.8 Å². The Balaban J connectivity index is 2.27. The SMILES string of the molecule is CCC1Oc2c(ccc3ccccc23)C1=O. The van der Waals surface area contributed by atoms with E-state index in [4.69, 9.17) is 4.74 Å². The lowest BCUT2D eigenvalue weighted by Crippen LogP contribution is -2.18. The molecule has 2 heteroatoms. The zero-order valence-electron chi connectivity index (χ0n) is 9.07. The third-order valence-corrected chi connectivity index (χ3v) is 3.07. The molecular weight excluding hydrogens is 200 g/mol. The van der Waals surface area contributed by atoms with Gasteiger partial charge in [-0.05, 0) is 17.9 Å². The molecular formula is C14H12O2. The van der Waals surface area contributed by atoms with Gasteiger partial charge in [0.15, 0.2) is 6.10 Å². The summed E-state index contributed by atoms with van der Waals surface area (Å²) in [4.78, 5) is 11.9. The van der Waals surface area contributed by atoms with Gasteiger partial charge >= 0.3 is 0 Å².